The van der Waals surface area contributed by atoms with Gasteiger partial charge in [0, 0.05) is 15.9 Å². The summed E-state index contributed by atoms with van der Waals surface area (Å²) >= 11 is 4.85. The van der Waals surface area contributed by atoms with Crippen molar-refractivity contribution >= 4 is 39.6 Å². The molecule has 0 aromatic heterocycles. The zero-order valence-electron chi connectivity index (χ0n) is 12.2. The molecule has 1 aliphatic rings. The van der Waals surface area contributed by atoms with E-state index in [2.05, 4.69) is 15.9 Å². The first kappa shape index (κ1) is 17.3. The molecular formula is C15H18BrNO4S. The molecule has 1 heterocycles. The van der Waals surface area contributed by atoms with Gasteiger partial charge >= 0.3 is 5.97 Å². The van der Waals surface area contributed by atoms with Crippen LogP contribution in [0, 0.1) is 0 Å². The molecule has 1 aromatic carbocycles. The zero-order chi connectivity index (χ0) is 16.1. The predicted octanol–water partition coefficient (Wildman–Crippen LogP) is 2.63. The van der Waals surface area contributed by atoms with Crippen LogP contribution in [-0.4, -0.2) is 52.9 Å². The van der Waals surface area contributed by atoms with Crippen LogP contribution in [0.4, 0.5) is 0 Å². The molecule has 0 bridgehead atoms. The second kappa shape index (κ2) is 7.99. The number of amides is 1. The molecule has 0 radical (unpaired) electrons. The Hall–Kier alpha value is -1.05. The third-order valence-electron chi connectivity index (χ3n) is 3.40. The van der Waals surface area contributed by atoms with E-state index in [1.54, 1.807) is 4.90 Å². The van der Waals surface area contributed by atoms with E-state index in [9.17, 15) is 9.59 Å². The number of hydrogen-bond acceptors (Lipinski definition) is 4. The van der Waals surface area contributed by atoms with Crippen molar-refractivity contribution in [2.24, 2.45) is 0 Å². The van der Waals surface area contributed by atoms with Crippen LogP contribution in [0.3, 0.4) is 0 Å². The summed E-state index contributed by atoms with van der Waals surface area (Å²) in [6.45, 7) is 3.04. The number of nitrogens with zero attached hydrogens (tertiary/aromatic N) is 1. The van der Waals surface area contributed by atoms with Crippen LogP contribution in [0.15, 0.2) is 33.6 Å². The number of hydrogen-bond donors (Lipinski definition) is 1. The first-order valence-electron chi connectivity index (χ1n) is 6.99. The summed E-state index contributed by atoms with van der Waals surface area (Å²) in [5.74, 6) is -0.955. The minimum Gasteiger partial charge on any atom is -0.481 e. The molecule has 5 nitrogen and oxygen atoms in total. The van der Waals surface area contributed by atoms with Gasteiger partial charge in [0.15, 0.2) is 0 Å². The van der Waals surface area contributed by atoms with Gasteiger partial charge < -0.3 is 14.7 Å². The first-order chi connectivity index (χ1) is 10.5. The quantitative estimate of drug-likeness (QED) is 0.786. The molecule has 1 N–H and O–H groups in total. The van der Waals surface area contributed by atoms with Gasteiger partial charge in [-0.3, -0.25) is 9.59 Å². The lowest BCUT2D eigenvalue weighted by molar-refractivity contribution is -0.145. The molecule has 1 amide bonds. The molecule has 0 spiro atoms. The maximum atomic E-state index is 12.6. The van der Waals surface area contributed by atoms with Crippen molar-refractivity contribution in [2.75, 3.05) is 19.8 Å². The van der Waals surface area contributed by atoms with Crippen molar-refractivity contribution in [1.29, 1.82) is 0 Å². The number of morpholine rings is 1. The summed E-state index contributed by atoms with van der Waals surface area (Å²) in [7, 11) is 0. The zero-order valence-corrected chi connectivity index (χ0v) is 14.6. The van der Waals surface area contributed by atoms with E-state index < -0.39 is 5.97 Å². The molecule has 1 aliphatic heterocycles. The Bertz CT molecular complexity index is 537. The van der Waals surface area contributed by atoms with Crippen LogP contribution >= 0.6 is 27.7 Å². The normalized spacial score (nSPS) is 19.7. The second-order valence-corrected chi connectivity index (χ2v) is 7.40. The number of carboxylic acids is 1. The number of carbonyl (C=O) groups is 2. The fourth-order valence-electron chi connectivity index (χ4n) is 2.32. The van der Waals surface area contributed by atoms with Gasteiger partial charge in [-0.25, -0.2) is 0 Å². The van der Waals surface area contributed by atoms with Gasteiger partial charge in [-0.2, -0.15) is 0 Å². The number of ether oxygens (including phenoxy) is 1. The Kier molecular flexibility index (Phi) is 6.28. The Labute approximate surface area is 142 Å². The number of rotatable bonds is 5. The van der Waals surface area contributed by atoms with E-state index in [4.69, 9.17) is 9.84 Å². The van der Waals surface area contributed by atoms with Crippen LogP contribution in [0.5, 0.6) is 0 Å². The molecule has 2 rings (SSSR count). The minimum absolute atomic E-state index is 0.0394. The number of benzene rings is 1. The molecular weight excluding hydrogens is 370 g/mol. The average Bonchev–Trinajstić information content (AvgIpc) is 2.49. The fraction of sp³-hybridized carbons (Fsp3) is 0.467. The standard InChI is InChI=1S/C15H18BrNO4S/c1-10(22-13-4-2-11(16)3-5-13)15(20)17-6-7-21-9-12(17)8-14(18)19/h2-5,10,12H,6-9H2,1H3,(H,18,19). The summed E-state index contributed by atoms with van der Waals surface area (Å²) in [5, 5.41) is 8.69. The van der Waals surface area contributed by atoms with Crippen molar-refractivity contribution in [1.82, 2.24) is 4.90 Å². The van der Waals surface area contributed by atoms with E-state index in [1.165, 1.54) is 11.8 Å². The van der Waals surface area contributed by atoms with Crippen molar-refractivity contribution in [3.8, 4) is 0 Å². The van der Waals surface area contributed by atoms with E-state index in [1.807, 2.05) is 31.2 Å². The average molecular weight is 388 g/mol. The van der Waals surface area contributed by atoms with Crippen LogP contribution in [0.2, 0.25) is 0 Å². The van der Waals surface area contributed by atoms with E-state index in [0.29, 0.717) is 13.2 Å². The highest BCUT2D eigenvalue weighted by Gasteiger charge is 2.31. The van der Waals surface area contributed by atoms with E-state index in [-0.39, 0.29) is 30.2 Å². The van der Waals surface area contributed by atoms with Crippen LogP contribution in [-0.2, 0) is 14.3 Å². The lowest BCUT2D eigenvalue weighted by Gasteiger charge is -2.36. The van der Waals surface area contributed by atoms with Crippen molar-refractivity contribution in [3.63, 3.8) is 0 Å². The molecule has 2 atom stereocenters. The van der Waals surface area contributed by atoms with E-state index >= 15 is 0 Å². The van der Waals surface area contributed by atoms with Gasteiger partial charge in [-0.15, -0.1) is 11.8 Å². The molecule has 7 heteroatoms. The molecule has 0 saturated carbocycles. The highest BCUT2D eigenvalue weighted by molar-refractivity contribution is 9.10. The Balaban J connectivity index is 2.01. The highest BCUT2D eigenvalue weighted by Crippen LogP contribution is 2.27. The lowest BCUT2D eigenvalue weighted by Crippen LogP contribution is -2.51. The Morgan fingerprint density at radius 1 is 1.45 bits per heavy atom. The third kappa shape index (κ3) is 4.72. The minimum atomic E-state index is -0.915. The summed E-state index contributed by atoms with van der Waals surface area (Å²) < 4.78 is 6.30. The SMILES string of the molecule is CC(Sc1ccc(Br)cc1)C(=O)N1CCOCC1CC(=O)O. The van der Waals surface area contributed by atoms with Gasteiger partial charge in [0.05, 0.1) is 30.9 Å². The topological polar surface area (TPSA) is 66.8 Å². The fourth-order valence-corrected chi connectivity index (χ4v) is 3.52. The maximum Gasteiger partial charge on any atom is 0.305 e. The molecule has 120 valence electrons. The smallest absolute Gasteiger partial charge is 0.305 e. The summed E-state index contributed by atoms with van der Waals surface area (Å²) in [4.78, 5) is 26.2. The lowest BCUT2D eigenvalue weighted by atomic mass is 10.1. The largest absolute Gasteiger partial charge is 0.481 e. The number of thioether (sulfide) groups is 1. The molecule has 22 heavy (non-hydrogen) atoms. The number of aliphatic carboxylic acids is 1. The van der Waals surface area contributed by atoms with Crippen LogP contribution < -0.4 is 0 Å². The monoisotopic (exact) mass is 387 g/mol. The first-order valence-corrected chi connectivity index (χ1v) is 8.67. The van der Waals surface area contributed by atoms with Crippen molar-refractivity contribution < 1.29 is 19.4 Å². The number of carboxylic acid groups (broad SMARTS) is 1. The molecule has 0 aliphatic carbocycles. The van der Waals surface area contributed by atoms with Gasteiger partial charge in [0.2, 0.25) is 5.91 Å². The summed E-state index contributed by atoms with van der Waals surface area (Å²) in [6, 6.07) is 7.38. The van der Waals surface area contributed by atoms with E-state index in [0.717, 1.165) is 9.37 Å². The summed E-state index contributed by atoms with van der Waals surface area (Å²) in [5.41, 5.74) is 0. The van der Waals surface area contributed by atoms with Crippen molar-refractivity contribution in [3.05, 3.63) is 28.7 Å². The van der Waals surface area contributed by atoms with Gasteiger partial charge in [-0.1, -0.05) is 15.9 Å². The Morgan fingerprint density at radius 2 is 2.14 bits per heavy atom. The van der Waals surface area contributed by atoms with Crippen LogP contribution in [0.1, 0.15) is 13.3 Å². The molecule has 1 saturated heterocycles. The van der Waals surface area contributed by atoms with Gasteiger partial charge in [-0.05, 0) is 31.2 Å². The summed E-state index contributed by atoms with van der Waals surface area (Å²) in [6.07, 6.45) is -0.0819. The highest BCUT2D eigenvalue weighted by atomic mass is 79.9. The molecule has 1 fully saturated rings. The predicted molar refractivity (Wildman–Crippen MR) is 88.0 cm³/mol. The Morgan fingerprint density at radius 3 is 2.77 bits per heavy atom. The number of carbonyl (C=O) groups excluding carboxylic acids is 1. The van der Waals surface area contributed by atoms with Gasteiger partial charge in [0.1, 0.15) is 0 Å². The third-order valence-corrected chi connectivity index (χ3v) is 5.02. The number of halogens is 1. The van der Waals surface area contributed by atoms with Crippen LogP contribution in [0.25, 0.3) is 0 Å². The molecule has 2 unspecified atom stereocenters. The second-order valence-electron chi connectivity index (χ2n) is 5.07. The van der Waals surface area contributed by atoms with Gasteiger partial charge in [0.25, 0.3) is 0 Å². The molecule has 1 aromatic rings. The van der Waals surface area contributed by atoms with Crippen molar-refractivity contribution in [2.45, 2.75) is 29.5 Å². The maximum absolute atomic E-state index is 12.6.